The molecule has 4 rings (SSSR count). The maximum Gasteiger partial charge on any atom is 0.341 e. The van der Waals surface area contributed by atoms with Gasteiger partial charge in [-0.1, -0.05) is 20.8 Å². The van der Waals surface area contributed by atoms with E-state index < -0.39 is 22.2 Å². The van der Waals surface area contributed by atoms with Gasteiger partial charge in [-0.25, -0.2) is 4.79 Å². The minimum absolute atomic E-state index is 0.226. The second-order valence-corrected chi connectivity index (χ2v) is 11.2. The lowest BCUT2D eigenvalue weighted by atomic mass is 9.51. The van der Waals surface area contributed by atoms with Crippen molar-refractivity contribution < 1.29 is 23.9 Å². The molecule has 3 aliphatic rings. The molecule has 168 valence electrons. The van der Waals surface area contributed by atoms with Crippen LogP contribution in [0.3, 0.4) is 0 Å². The number of piperidine rings is 1. The van der Waals surface area contributed by atoms with Crippen molar-refractivity contribution in [2.75, 3.05) is 19.0 Å². The largest absolute Gasteiger partial charge is 0.462 e. The van der Waals surface area contributed by atoms with Gasteiger partial charge in [0.1, 0.15) is 5.00 Å². The molecule has 0 radical (unpaired) electrons. The number of likely N-dealkylation sites (tertiary alicyclic amines) is 1. The summed E-state index contributed by atoms with van der Waals surface area (Å²) in [6.45, 7) is 7.56. The Morgan fingerprint density at radius 2 is 1.68 bits per heavy atom. The molecular formula is C23H30N2O5S. The van der Waals surface area contributed by atoms with Crippen molar-refractivity contribution in [3.05, 3.63) is 16.0 Å². The summed E-state index contributed by atoms with van der Waals surface area (Å²) in [7, 11) is 1.53. The van der Waals surface area contributed by atoms with E-state index in [-0.39, 0.29) is 24.3 Å². The minimum atomic E-state index is -0.908. The minimum Gasteiger partial charge on any atom is -0.462 e. The van der Waals surface area contributed by atoms with Crippen LogP contribution in [0, 0.1) is 16.2 Å². The van der Waals surface area contributed by atoms with Crippen LogP contribution in [0.15, 0.2) is 0 Å². The smallest absolute Gasteiger partial charge is 0.341 e. The van der Waals surface area contributed by atoms with Gasteiger partial charge in [-0.2, -0.15) is 0 Å². The normalized spacial score (nSPS) is 32.1. The molecule has 1 N–H and O–H groups in total. The molecule has 3 amide bonds. The summed E-state index contributed by atoms with van der Waals surface area (Å²) in [5.74, 6) is -1.11. The van der Waals surface area contributed by atoms with E-state index in [9.17, 15) is 19.2 Å². The first-order valence-electron chi connectivity index (χ1n) is 10.9. The predicted molar refractivity (Wildman–Crippen MR) is 117 cm³/mol. The van der Waals surface area contributed by atoms with Crippen molar-refractivity contribution >= 4 is 40.0 Å². The zero-order valence-corrected chi connectivity index (χ0v) is 19.7. The van der Waals surface area contributed by atoms with Crippen LogP contribution in [0.2, 0.25) is 0 Å². The molecule has 8 heteroatoms. The third kappa shape index (κ3) is 3.30. The number of anilines is 1. The van der Waals surface area contributed by atoms with Crippen molar-refractivity contribution in [2.45, 2.75) is 66.2 Å². The van der Waals surface area contributed by atoms with E-state index in [4.69, 9.17) is 4.74 Å². The Kier molecular flexibility index (Phi) is 5.07. The second kappa shape index (κ2) is 7.15. The zero-order valence-electron chi connectivity index (χ0n) is 18.8. The maximum atomic E-state index is 13.6. The molecule has 2 fully saturated rings. The second-order valence-electron chi connectivity index (χ2n) is 10.1. The van der Waals surface area contributed by atoms with E-state index in [0.29, 0.717) is 29.8 Å². The number of carbonyl (C=O) groups is 4. The van der Waals surface area contributed by atoms with Crippen molar-refractivity contribution in [3.63, 3.8) is 0 Å². The number of amides is 3. The quantitative estimate of drug-likeness (QED) is 0.564. The Morgan fingerprint density at radius 3 is 2.26 bits per heavy atom. The van der Waals surface area contributed by atoms with Crippen molar-refractivity contribution in [2.24, 2.45) is 16.2 Å². The van der Waals surface area contributed by atoms with Crippen LogP contribution in [-0.2, 0) is 32.0 Å². The SMILES string of the molecule is CCOC(=O)c1c(NC(=O)C2(C)CC3(C)CC(C)(C2)C(=O)N(C)C3=O)sc2c1CCC2. The lowest BCUT2D eigenvalue weighted by Gasteiger charge is -2.55. The summed E-state index contributed by atoms with van der Waals surface area (Å²) in [6.07, 6.45) is 3.86. The molecule has 2 atom stereocenters. The summed E-state index contributed by atoms with van der Waals surface area (Å²) in [5.41, 5.74) is -1.01. The van der Waals surface area contributed by atoms with E-state index >= 15 is 0 Å². The lowest BCUT2D eigenvalue weighted by Crippen LogP contribution is -2.63. The monoisotopic (exact) mass is 446 g/mol. The molecule has 1 saturated carbocycles. The third-order valence-corrected chi connectivity index (χ3v) is 8.37. The van der Waals surface area contributed by atoms with Gasteiger partial charge in [-0.15, -0.1) is 11.3 Å². The van der Waals surface area contributed by atoms with E-state index in [1.165, 1.54) is 23.3 Å². The Morgan fingerprint density at radius 1 is 1.06 bits per heavy atom. The zero-order chi connectivity index (χ0) is 22.8. The summed E-state index contributed by atoms with van der Waals surface area (Å²) in [4.78, 5) is 54.4. The van der Waals surface area contributed by atoms with Crippen LogP contribution >= 0.6 is 11.3 Å². The number of nitrogens with zero attached hydrogens (tertiary/aromatic N) is 1. The van der Waals surface area contributed by atoms with Gasteiger partial charge < -0.3 is 10.1 Å². The van der Waals surface area contributed by atoms with Gasteiger partial charge in [0, 0.05) is 28.2 Å². The van der Waals surface area contributed by atoms with Gasteiger partial charge in [0.05, 0.1) is 12.2 Å². The first kappa shape index (κ1) is 22.0. The number of fused-ring (bicyclic) bond motifs is 3. The molecule has 7 nitrogen and oxygen atoms in total. The highest BCUT2D eigenvalue weighted by atomic mass is 32.1. The Hall–Kier alpha value is -2.22. The number of hydrogen-bond acceptors (Lipinski definition) is 6. The van der Waals surface area contributed by atoms with E-state index in [0.717, 1.165) is 29.7 Å². The fourth-order valence-electron chi connectivity index (χ4n) is 6.30. The molecule has 2 aliphatic carbocycles. The number of thiophene rings is 1. The standard InChI is InChI=1S/C23H30N2O5S/c1-6-30-17(26)15-13-8-7-9-14(13)31-16(15)24-18(27)21(2)10-22(3)12-23(4,11-21)20(29)25(5)19(22)28/h6-12H2,1-5H3,(H,24,27). The van der Waals surface area contributed by atoms with Gasteiger partial charge >= 0.3 is 5.97 Å². The summed E-state index contributed by atoms with van der Waals surface area (Å²) in [6, 6.07) is 0. The highest BCUT2D eigenvalue weighted by Crippen LogP contribution is 2.58. The average molecular weight is 447 g/mol. The number of imide groups is 1. The number of ether oxygens (including phenoxy) is 1. The molecule has 2 heterocycles. The average Bonchev–Trinajstić information content (AvgIpc) is 3.25. The lowest BCUT2D eigenvalue weighted by molar-refractivity contribution is -0.177. The predicted octanol–water partition coefficient (Wildman–Crippen LogP) is 3.55. The van der Waals surface area contributed by atoms with Gasteiger partial charge in [0.25, 0.3) is 0 Å². The number of esters is 1. The highest BCUT2D eigenvalue weighted by Gasteiger charge is 2.62. The number of aryl methyl sites for hydroxylation is 1. The van der Waals surface area contributed by atoms with Gasteiger partial charge in [-0.3, -0.25) is 19.3 Å². The Labute approximate surface area is 186 Å². The molecule has 31 heavy (non-hydrogen) atoms. The number of carbonyl (C=O) groups excluding carboxylic acids is 4. The van der Waals surface area contributed by atoms with Crippen molar-refractivity contribution in [1.29, 1.82) is 0 Å². The van der Waals surface area contributed by atoms with Crippen LogP contribution < -0.4 is 5.32 Å². The Bertz CT molecular complexity index is 968. The van der Waals surface area contributed by atoms with Crippen molar-refractivity contribution in [1.82, 2.24) is 4.90 Å². The van der Waals surface area contributed by atoms with Crippen LogP contribution in [0.1, 0.15) is 74.2 Å². The molecule has 1 saturated heterocycles. The molecule has 0 aromatic carbocycles. The van der Waals surface area contributed by atoms with Gasteiger partial charge in [0.15, 0.2) is 0 Å². The first-order chi connectivity index (χ1) is 14.4. The molecule has 1 aliphatic heterocycles. The highest BCUT2D eigenvalue weighted by molar-refractivity contribution is 7.17. The molecule has 1 aromatic heterocycles. The fourth-order valence-corrected chi connectivity index (χ4v) is 7.57. The van der Waals surface area contributed by atoms with Crippen molar-refractivity contribution in [3.8, 4) is 0 Å². The fraction of sp³-hybridized carbons (Fsp3) is 0.652. The third-order valence-electron chi connectivity index (χ3n) is 7.16. The maximum absolute atomic E-state index is 13.6. The first-order valence-corrected chi connectivity index (χ1v) is 11.7. The van der Waals surface area contributed by atoms with E-state index in [1.807, 2.05) is 20.8 Å². The summed E-state index contributed by atoms with van der Waals surface area (Å²) < 4.78 is 5.26. The molecule has 2 bridgehead atoms. The molecular weight excluding hydrogens is 416 g/mol. The molecule has 0 spiro atoms. The van der Waals surface area contributed by atoms with Crippen LogP contribution in [0.25, 0.3) is 0 Å². The van der Waals surface area contributed by atoms with Gasteiger partial charge in [0.2, 0.25) is 17.7 Å². The summed E-state index contributed by atoms with van der Waals surface area (Å²) in [5, 5.41) is 3.52. The number of nitrogens with one attached hydrogen (secondary N) is 1. The van der Waals surface area contributed by atoms with E-state index in [2.05, 4.69) is 5.32 Å². The topological polar surface area (TPSA) is 92.8 Å². The molecule has 2 unspecified atom stereocenters. The number of rotatable bonds is 4. The van der Waals surface area contributed by atoms with Crippen LogP contribution in [0.5, 0.6) is 0 Å². The number of hydrogen-bond donors (Lipinski definition) is 1. The van der Waals surface area contributed by atoms with Gasteiger partial charge in [-0.05, 0) is 51.0 Å². The van der Waals surface area contributed by atoms with E-state index in [1.54, 1.807) is 6.92 Å². The van der Waals surface area contributed by atoms with Crippen LogP contribution in [-0.4, -0.2) is 42.2 Å². The summed E-state index contributed by atoms with van der Waals surface area (Å²) >= 11 is 1.44. The Balaban J connectivity index is 1.66. The van der Waals surface area contributed by atoms with Crippen LogP contribution in [0.4, 0.5) is 5.00 Å². The molecule has 1 aromatic rings.